The molecular weight excluding hydrogens is 271 g/mol. The average Bonchev–Trinajstić information content (AvgIpc) is 2.89. The van der Waals surface area contributed by atoms with Crippen LogP contribution in [0.5, 0.6) is 17.2 Å². The summed E-state index contributed by atoms with van der Waals surface area (Å²) in [6, 6.07) is 21.7. The Labute approximate surface area is 117 Å². The van der Waals surface area contributed by atoms with Crippen LogP contribution in [0.4, 0.5) is 0 Å². The lowest BCUT2D eigenvalue weighted by Gasteiger charge is -2.09. The van der Waals surface area contributed by atoms with Crippen LogP contribution in [0.15, 0.2) is 66.7 Å². The van der Waals surface area contributed by atoms with E-state index in [1.54, 1.807) is 0 Å². The first-order chi connectivity index (χ1) is 9.88. The van der Waals surface area contributed by atoms with Gasteiger partial charge in [0.1, 0.15) is 5.75 Å². The predicted molar refractivity (Wildman–Crippen MR) is 79.2 cm³/mol. The largest absolute Gasteiger partial charge is 0.530 e. The number of hydrogen-bond acceptors (Lipinski definition) is 3. The summed E-state index contributed by atoms with van der Waals surface area (Å²) in [5.74, 6) is 2.22. The second-order valence-corrected chi connectivity index (χ2v) is 5.45. The maximum absolute atomic E-state index is 5.79. The first kappa shape index (κ1) is 11.6. The quantitative estimate of drug-likeness (QED) is 0.624. The van der Waals surface area contributed by atoms with Crippen molar-refractivity contribution in [1.29, 1.82) is 0 Å². The van der Waals surface area contributed by atoms with Crippen molar-refractivity contribution in [3.8, 4) is 17.2 Å². The van der Waals surface area contributed by atoms with Crippen LogP contribution in [-0.4, -0.2) is 0 Å². The van der Waals surface area contributed by atoms with Gasteiger partial charge in [-0.15, -0.1) is 0 Å². The fourth-order valence-corrected chi connectivity index (χ4v) is 3.15. The molecule has 0 unspecified atom stereocenters. The second-order valence-electron chi connectivity index (χ2n) is 4.45. The van der Waals surface area contributed by atoms with E-state index in [1.807, 2.05) is 54.6 Å². The van der Waals surface area contributed by atoms with Gasteiger partial charge in [0.25, 0.3) is 0 Å². The highest BCUT2D eigenvalue weighted by Crippen LogP contribution is 2.52. The fourth-order valence-electron chi connectivity index (χ4n) is 2.13. The summed E-state index contributed by atoms with van der Waals surface area (Å²) in [5, 5.41) is 2.32. The van der Waals surface area contributed by atoms with Gasteiger partial charge in [-0.1, -0.05) is 42.5 Å². The molecule has 3 aromatic carbocycles. The monoisotopic (exact) mass is 282 g/mol. The Kier molecular flexibility index (Phi) is 2.71. The summed E-state index contributed by atoms with van der Waals surface area (Å²) in [4.78, 5) is 0. The maximum atomic E-state index is 5.79. The van der Waals surface area contributed by atoms with Gasteiger partial charge in [0, 0.05) is 0 Å². The lowest BCUT2D eigenvalue weighted by Crippen LogP contribution is -1.94. The molecule has 1 aliphatic rings. The smallest absolute Gasteiger partial charge is 0.408 e. The molecule has 98 valence electrons. The minimum Gasteiger partial charge on any atom is -0.408 e. The summed E-state index contributed by atoms with van der Waals surface area (Å²) in [7, 11) is -1.40. The first-order valence-electron chi connectivity index (χ1n) is 6.30. The van der Waals surface area contributed by atoms with Gasteiger partial charge in [0.05, 0.1) is 0 Å². The van der Waals surface area contributed by atoms with E-state index in [4.69, 9.17) is 13.6 Å². The SMILES string of the molecule is c1ccc2c(c1)OP(Oc1ccc3ccccc3c1)O2. The predicted octanol–water partition coefficient (Wildman–Crippen LogP) is 4.92. The van der Waals surface area contributed by atoms with E-state index in [9.17, 15) is 0 Å². The highest BCUT2D eigenvalue weighted by atomic mass is 31.2. The molecule has 0 saturated heterocycles. The van der Waals surface area contributed by atoms with E-state index in [2.05, 4.69) is 12.1 Å². The molecular formula is C16H11O3P. The average molecular weight is 282 g/mol. The Balaban J connectivity index is 1.57. The second kappa shape index (κ2) is 4.69. The van der Waals surface area contributed by atoms with E-state index >= 15 is 0 Å². The Hall–Kier alpha value is -2.25. The summed E-state index contributed by atoms with van der Waals surface area (Å²) in [6.07, 6.45) is 0. The topological polar surface area (TPSA) is 27.7 Å². The molecule has 3 nitrogen and oxygen atoms in total. The van der Waals surface area contributed by atoms with Gasteiger partial charge in [-0.05, 0) is 35.0 Å². The number of para-hydroxylation sites is 2. The lowest BCUT2D eigenvalue weighted by atomic mass is 10.1. The van der Waals surface area contributed by atoms with E-state index in [0.29, 0.717) is 0 Å². The zero-order valence-corrected chi connectivity index (χ0v) is 11.4. The molecule has 0 aromatic heterocycles. The molecule has 1 aliphatic heterocycles. The van der Waals surface area contributed by atoms with Crippen molar-refractivity contribution >= 4 is 19.4 Å². The molecule has 0 radical (unpaired) electrons. The highest BCUT2D eigenvalue weighted by molar-refractivity contribution is 7.43. The van der Waals surface area contributed by atoms with Crippen LogP contribution in [0, 0.1) is 0 Å². The van der Waals surface area contributed by atoms with Crippen molar-refractivity contribution in [2.75, 3.05) is 0 Å². The molecule has 0 atom stereocenters. The van der Waals surface area contributed by atoms with E-state index < -0.39 is 8.60 Å². The summed E-state index contributed by atoms with van der Waals surface area (Å²) < 4.78 is 17.1. The molecule has 0 aliphatic carbocycles. The van der Waals surface area contributed by atoms with Gasteiger partial charge in [-0.25, -0.2) is 0 Å². The van der Waals surface area contributed by atoms with E-state index in [-0.39, 0.29) is 0 Å². The fraction of sp³-hybridized carbons (Fsp3) is 0. The Morgan fingerprint density at radius 1 is 0.700 bits per heavy atom. The van der Waals surface area contributed by atoms with Crippen LogP contribution in [0.3, 0.4) is 0 Å². The molecule has 4 heteroatoms. The van der Waals surface area contributed by atoms with Crippen molar-refractivity contribution in [3.63, 3.8) is 0 Å². The molecule has 0 N–H and O–H groups in total. The van der Waals surface area contributed by atoms with Gasteiger partial charge in [-0.2, -0.15) is 0 Å². The minimum atomic E-state index is -1.40. The normalized spacial score (nSPS) is 13.6. The Morgan fingerprint density at radius 3 is 2.10 bits per heavy atom. The van der Waals surface area contributed by atoms with Gasteiger partial charge in [0.15, 0.2) is 11.5 Å². The van der Waals surface area contributed by atoms with Gasteiger partial charge >= 0.3 is 8.60 Å². The molecule has 3 aromatic rings. The number of hydrogen-bond donors (Lipinski definition) is 0. The molecule has 0 bridgehead atoms. The number of rotatable bonds is 2. The lowest BCUT2D eigenvalue weighted by molar-refractivity contribution is 0.436. The molecule has 1 heterocycles. The van der Waals surface area contributed by atoms with Gasteiger partial charge in [-0.3, -0.25) is 0 Å². The van der Waals surface area contributed by atoms with Gasteiger partial charge < -0.3 is 13.6 Å². The zero-order chi connectivity index (χ0) is 13.4. The minimum absolute atomic E-state index is 0.736. The third kappa shape index (κ3) is 2.06. The first-order valence-corrected chi connectivity index (χ1v) is 7.40. The Bertz CT molecular complexity index is 747. The van der Waals surface area contributed by atoms with Crippen molar-refractivity contribution in [2.45, 2.75) is 0 Å². The standard InChI is InChI=1S/C16H11O3P/c1-2-6-13-11-14(10-9-12(13)5-1)17-20-18-15-7-3-4-8-16(15)19-20/h1-11H. The van der Waals surface area contributed by atoms with Crippen LogP contribution >= 0.6 is 8.60 Å². The van der Waals surface area contributed by atoms with Crippen LogP contribution in [0.1, 0.15) is 0 Å². The van der Waals surface area contributed by atoms with Crippen LogP contribution < -0.4 is 13.6 Å². The molecule has 0 spiro atoms. The third-order valence-corrected chi connectivity index (χ3v) is 4.15. The third-order valence-electron chi connectivity index (χ3n) is 3.10. The molecule has 20 heavy (non-hydrogen) atoms. The molecule has 0 fully saturated rings. The molecule has 0 saturated carbocycles. The highest BCUT2D eigenvalue weighted by Gasteiger charge is 2.29. The molecule has 4 rings (SSSR count). The molecule has 0 amide bonds. The maximum Gasteiger partial charge on any atom is 0.530 e. The van der Waals surface area contributed by atoms with Crippen LogP contribution in [0.25, 0.3) is 10.8 Å². The van der Waals surface area contributed by atoms with Crippen molar-refractivity contribution in [3.05, 3.63) is 66.7 Å². The Morgan fingerprint density at radius 2 is 1.35 bits per heavy atom. The van der Waals surface area contributed by atoms with Crippen LogP contribution in [0.2, 0.25) is 0 Å². The van der Waals surface area contributed by atoms with E-state index in [1.165, 1.54) is 5.39 Å². The van der Waals surface area contributed by atoms with Gasteiger partial charge in [0.2, 0.25) is 0 Å². The zero-order valence-electron chi connectivity index (χ0n) is 10.5. The summed E-state index contributed by atoms with van der Waals surface area (Å²) in [6.45, 7) is 0. The van der Waals surface area contributed by atoms with E-state index in [0.717, 1.165) is 22.6 Å². The number of fused-ring (bicyclic) bond motifs is 2. The van der Waals surface area contributed by atoms with Crippen LogP contribution in [-0.2, 0) is 0 Å². The van der Waals surface area contributed by atoms with Crippen molar-refractivity contribution in [2.24, 2.45) is 0 Å². The summed E-state index contributed by atoms with van der Waals surface area (Å²) >= 11 is 0. The van der Waals surface area contributed by atoms with Crippen molar-refractivity contribution in [1.82, 2.24) is 0 Å². The summed E-state index contributed by atoms with van der Waals surface area (Å²) in [5.41, 5.74) is 0. The van der Waals surface area contributed by atoms with Crippen molar-refractivity contribution < 1.29 is 13.6 Å². The number of benzene rings is 3.